The Morgan fingerprint density at radius 3 is 2.15 bits per heavy atom. The van der Waals surface area contributed by atoms with E-state index in [2.05, 4.69) is 21.1 Å². The monoisotopic (exact) mass is 226 g/mol. The number of hydrogen-bond acceptors (Lipinski definition) is 3. The molecule has 0 aliphatic rings. The van der Waals surface area contributed by atoms with Gasteiger partial charge in [-0.1, -0.05) is 0 Å². The van der Waals surface area contributed by atoms with Crippen molar-refractivity contribution in [1.82, 2.24) is 0 Å². The van der Waals surface area contributed by atoms with Gasteiger partial charge in [-0.2, -0.15) is 0 Å². The second-order valence-corrected chi connectivity index (χ2v) is 6.92. The van der Waals surface area contributed by atoms with Crippen LogP contribution in [0.25, 0.3) is 0 Å². The van der Waals surface area contributed by atoms with Crippen molar-refractivity contribution in [2.45, 2.75) is 13.8 Å². The zero-order chi connectivity index (χ0) is 10.3. The van der Waals surface area contributed by atoms with E-state index >= 15 is 0 Å². The average Bonchev–Trinajstić information content (AvgIpc) is 1.98. The number of quaternary nitrogens is 1. The van der Waals surface area contributed by atoms with Crippen LogP contribution < -0.4 is 0 Å². The standard InChI is InChI=1S/C8H21NO2PS/c1-6-10-12(13-11-7-2)8-9(3,4)5/h6-8H2,1-5H3/q+1. The summed E-state index contributed by atoms with van der Waals surface area (Å²) in [6, 6.07) is 0. The highest BCUT2D eigenvalue weighted by Crippen LogP contribution is 2.52. The molecule has 0 aliphatic carbocycles. The average molecular weight is 226 g/mol. The summed E-state index contributed by atoms with van der Waals surface area (Å²) in [6.45, 7) is 5.54. The Labute approximate surface area is 87.2 Å². The number of nitrogens with zero attached hydrogens (tertiary/aromatic N) is 1. The molecule has 80 valence electrons. The van der Waals surface area contributed by atoms with Crippen LogP contribution >= 0.6 is 19.0 Å². The van der Waals surface area contributed by atoms with Gasteiger partial charge in [-0.3, -0.25) is 0 Å². The first kappa shape index (κ1) is 13.7. The molecule has 1 unspecified atom stereocenters. The lowest BCUT2D eigenvalue weighted by Gasteiger charge is -2.27. The van der Waals surface area contributed by atoms with E-state index in [1.165, 1.54) is 11.7 Å². The minimum atomic E-state index is -0.488. The molecule has 0 saturated heterocycles. The number of hydrogen-bond donors (Lipinski definition) is 0. The predicted molar refractivity (Wildman–Crippen MR) is 60.7 cm³/mol. The van der Waals surface area contributed by atoms with Crippen LogP contribution in [0.15, 0.2) is 0 Å². The maximum absolute atomic E-state index is 5.61. The van der Waals surface area contributed by atoms with Crippen molar-refractivity contribution in [3.63, 3.8) is 0 Å². The summed E-state index contributed by atoms with van der Waals surface area (Å²) < 4.78 is 11.8. The summed E-state index contributed by atoms with van der Waals surface area (Å²) >= 11 is 1.50. The van der Waals surface area contributed by atoms with Crippen LogP contribution in [0, 0.1) is 0 Å². The Morgan fingerprint density at radius 1 is 1.15 bits per heavy atom. The van der Waals surface area contributed by atoms with Gasteiger partial charge in [0.25, 0.3) is 0 Å². The van der Waals surface area contributed by atoms with Gasteiger partial charge in [0.2, 0.25) is 0 Å². The van der Waals surface area contributed by atoms with Crippen molar-refractivity contribution in [3.05, 3.63) is 0 Å². The lowest BCUT2D eigenvalue weighted by molar-refractivity contribution is -0.858. The van der Waals surface area contributed by atoms with Gasteiger partial charge in [-0.05, 0) is 13.8 Å². The number of rotatable bonds is 7. The van der Waals surface area contributed by atoms with Gasteiger partial charge in [0.05, 0.1) is 39.4 Å². The van der Waals surface area contributed by atoms with E-state index in [0.29, 0.717) is 0 Å². The highest BCUT2D eigenvalue weighted by Gasteiger charge is 2.19. The van der Waals surface area contributed by atoms with Crippen LogP contribution in [-0.4, -0.2) is 45.1 Å². The molecular formula is C8H21NO2PS+. The maximum Gasteiger partial charge on any atom is 0.176 e. The van der Waals surface area contributed by atoms with E-state index in [1.54, 1.807) is 0 Å². The molecule has 0 rings (SSSR count). The second-order valence-electron chi connectivity index (χ2n) is 3.66. The Balaban J connectivity index is 3.79. The minimum Gasteiger partial charge on any atom is -0.342 e. The van der Waals surface area contributed by atoms with Crippen LogP contribution in [0.1, 0.15) is 13.8 Å². The summed E-state index contributed by atoms with van der Waals surface area (Å²) in [5, 5.41) is 0. The smallest absolute Gasteiger partial charge is 0.176 e. The van der Waals surface area contributed by atoms with Gasteiger partial charge in [-0.25, -0.2) is 0 Å². The van der Waals surface area contributed by atoms with Crippen LogP contribution in [0.5, 0.6) is 0 Å². The zero-order valence-corrected chi connectivity index (χ0v) is 11.0. The van der Waals surface area contributed by atoms with E-state index in [9.17, 15) is 0 Å². The van der Waals surface area contributed by atoms with E-state index in [-0.39, 0.29) is 0 Å². The fourth-order valence-corrected chi connectivity index (χ4v) is 4.36. The first-order valence-electron chi connectivity index (χ1n) is 4.50. The van der Waals surface area contributed by atoms with Crippen LogP contribution in [0.2, 0.25) is 0 Å². The van der Waals surface area contributed by atoms with E-state index in [1.807, 2.05) is 13.8 Å². The first-order valence-corrected chi connectivity index (χ1v) is 7.29. The third kappa shape index (κ3) is 8.98. The quantitative estimate of drug-likeness (QED) is 0.378. The summed E-state index contributed by atoms with van der Waals surface area (Å²) in [6.07, 6.45) is 1.02. The summed E-state index contributed by atoms with van der Waals surface area (Å²) in [5.74, 6) is 0. The molecule has 13 heavy (non-hydrogen) atoms. The summed E-state index contributed by atoms with van der Waals surface area (Å²) in [5.41, 5.74) is 0. The normalized spacial score (nSPS) is 14.5. The second kappa shape index (κ2) is 7.02. The molecular weight excluding hydrogens is 205 g/mol. The van der Waals surface area contributed by atoms with Crippen molar-refractivity contribution in [2.75, 3.05) is 40.6 Å². The Morgan fingerprint density at radius 2 is 1.77 bits per heavy atom. The van der Waals surface area contributed by atoms with Gasteiger partial charge < -0.3 is 13.2 Å². The Bertz CT molecular complexity index is 130. The van der Waals surface area contributed by atoms with Crippen molar-refractivity contribution >= 4 is 19.0 Å². The molecule has 0 saturated carbocycles. The van der Waals surface area contributed by atoms with Gasteiger partial charge in [0.15, 0.2) is 7.35 Å². The van der Waals surface area contributed by atoms with Gasteiger partial charge in [-0.15, -0.1) is 0 Å². The molecule has 0 aliphatic heterocycles. The molecule has 0 fully saturated rings. The van der Waals surface area contributed by atoms with Crippen LogP contribution in [0.3, 0.4) is 0 Å². The highest BCUT2D eigenvalue weighted by atomic mass is 32.7. The topological polar surface area (TPSA) is 18.5 Å². The fourth-order valence-electron chi connectivity index (χ4n) is 0.688. The molecule has 3 nitrogen and oxygen atoms in total. The fraction of sp³-hybridized carbons (Fsp3) is 1.00. The van der Waals surface area contributed by atoms with Gasteiger partial charge in [0, 0.05) is 6.61 Å². The van der Waals surface area contributed by atoms with Crippen molar-refractivity contribution < 1.29 is 13.2 Å². The van der Waals surface area contributed by atoms with Crippen molar-refractivity contribution in [3.8, 4) is 0 Å². The third-order valence-electron chi connectivity index (χ3n) is 1.07. The lowest BCUT2D eigenvalue weighted by Crippen LogP contribution is -2.34. The SMILES string of the molecule is CCOSP(C[N+](C)(C)C)OCC. The molecule has 0 bridgehead atoms. The zero-order valence-electron chi connectivity index (χ0n) is 9.24. The molecule has 0 spiro atoms. The highest BCUT2D eigenvalue weighted by molar-refractivity contribution is 8.51. The van der Waals surface area contributed by atoms with Gasteiger partial charge >= 0.3 is 0 Å². The molecule has 0 N–H and O–H groups in total. The van der Waals surface area contributed by atoms with E-state index in [0.717, 1.165) is 24.0 Å². The molecule has 1 atom stereocenters. The molecule has 0 amide bonds. The summed E-state index contributed by atoms with van der Waals surface area (Å²) in [4.78, 5) is 0. The Hall–Kier alpha value is 0.660. The molecule has 0 aromatic heterocycles. The molecule has 0 radical (unpaired) electrons. The molecule has 0 aromatic carbocycles. The van der Waals surface area contributed by atoms with Crippen molar-refractivity contribution in [2.24, 2.45) is 0 Å². The van der Waals surface area contributed by atoms with E-state index in [4.69, 9.17) is 8.71 Å². The van der Waals surface area contributed by atoms with Crippen LogP contribution in [0.4, 0.5) is 0 Å². The minimum absolute atomic E-state index is 0.488. The molecule has 0 heterocycles. The summed E-state index contributed by atoms with van der Waals surface area (Å²) in [7, 11) is 6.01. The van der Waals surface area contributed by atoms with Crippen molar-refractivity contribution in [1.29, 1.82) is 0 Å². The first-order chi connectivity index (χ1) is 5.99. The predicted octanol–water partition coefficient (Wildman–Crippen LogP) is 2.68. The van der Waals surface area contributed by atoms with Crippen LogP contribution in [-0.2, 0) is 8.71 Å². The Kier molecular flexibility index (Phi) is 7.37. The van der Waals surface area contributed by atoms with E-state index < -0.39 is 7.35 Å². The molecule has 5 heteroatoms. The largest absolute Gasteiger partial charge is 0.342 e. The maximum atomic E-state index is 5.61. The van der Waals surface area contributed by atoms with Gasteiger partial charge in [0.1, 0.15) is 6.29 Å². The third-order valence-corrected chi connectivity index (χ3v) is 4.68. The lowest BCUT2D eigenvalue weighted by atomic mass is 10.8. The molecule has 0 aromatic rings.